The van der Waals surface area contributed by atoms with Crippen LogP contribution in [0.4, 0.5) is 0 Å². The zero-order chi connectivity index (χ0) is 13.2. The summed E-state index contributed by atoms with van der Waals surface area (Å²) in [5, 5.41) is 17.5. The third-order valence-corrected chi connectivity index (χ3v) is 4.58. The van der Waals surface area contributed by atoms with E-state index in [-0.39, 0.29) is 0 Å². The summed E-state index contributed by atoms with van der Waals surface area (Å²) in [5.74, 6) is 1.08. The van der Waals surface area contributed by atoms with Crippen LogP contribution in [0.3, 0.4) is 0 Å². The lowest BCUT2D eigenvalue weighted by atomic mass is 9.80. The molecule has 2 atom stereocenters. The third kappa shape index (κ3) is 2.25. The van der Waals surface area contributed by atoms with Gasteiger partial charge in [0, 0.05) is 12.5 Å². The van der Waals surface area contributed by atoms with Gasteiger partial charge in [-0.15, -0.1) is 5.10 Å². The van der Waals surface area contributed by atoms with Gasteiger partial charge in [0.15, 0.2) is 0 Å². The normalized spacial score (nSPS) is 24.9. The van der Waals surface area contributed by atoms with E-state index in [1.807, 2.05) is 0 Å². The fraction of sp³-hybridized carbons (Fsp3) is 0.786. The highest BCUT2D eigenvalue weighted by Gasteiger charge is 2.32. The Morgan fingerprint density at radius 1 is 1.47 bits per heavy atom. The molecular formula is C14H20N4O. The Balaban J connectivity index is 1.91. The maximum atomic E-state index is 8.94. The molecule has 3 rings (SSSR count). The second kappa shape index (κ2) is 5.30. The first-order valence-corrected chi connectivity index (χ1v) is 7.20. The Morgan fingerprint density at radius 2 is 2.32 bits per heavy atom. The van der Waals surface area contributed by atoms with E-state index in [9.17, 15) is 0 Å². The molecule has 1 aromatic heterocycles. The summed E-state index contributed by atoms with van der Waals surface area (Å²) in [7, 11) is 0. The monoisotopic (exact) mass is 260 g/mol. The van der Waals surface area contributed by atoms with Crippen molar-refractivity contribution in [2.75, 3.05) is 13.2 Å². The van der Waals surface area contributed by atoms with Crippen LogP contribution in [0.5, 0.6) is 0 Å². The largest absolute Gasteiger partial charge is 0.381 e. The van der Waals surface area contributed by atoms with E-state index in [4.69, 9.17) is 10.00 Å². The summed E-state index contributed by atoms with van der Waals surface area (Å²) in [5.41, 5.74) is 2.00. The maximum absolute atomic E-state index is 8.94. The molecule has 19 heavy (non-hydrogen) atoms. The lowest BCUT2D eigenvalue weighted by Crippen LogP contribution is -2.26. The summed E-state index contributed by atoms with van der Waals surface area (Å²) in [6, 6.07) is 2.59. The van der Waals surface area contributed by atoms with E-state index in [1.54, 1.807) is 0 Å². The van der Waals surface area contributed by atoms with Crippen LogP contribution >= 0.6 is 0 Å². The van der Waals surface area contributed by atoms with Gasteiger partial charge in [-0.3, -0.25) is 0 Å². The van der Waals surface area contributed by atoms with Gasteiger partial charge in [-0.1, -0.05) is 11.6 Å². The van der Waals surface area contributed by atoms with Crippen molar-refractivity contribution in [3.63, 3.8) is 0 Å². The smallest absolute Gasteiger partial charge is 0.100 e. The van der Waals surface area contributed by atoms with Crippen LogP contribution in [-0.4, -0.2) is 28.2 Å². The SMILES string of the molecule is CC(C1CCC1)n1nnc(CC#N)c1C1CCOC1. The third-order valence-electron chi connectivity index (χ3n) is 4.58. The molecule has 0 spiro atoms. The summed E-state index contributed by atoms with van der Waals surface area (Å²) in [6.45, 7) is 3.77. The molecule has 2 heterocycles. The standard InChI is InChI=1S/C14H20N4O/c1-10(11-3-2-4-11)18-14(12-6-8-19-9-12)13(5-7-15)16-17-18/h10-12H,2-6,8-9H2,1H3. The van der Waals surface area contributed by atoms with Crippen LogP contribution in [-0.2, 0) is 11.2 Å². The average Bonchev–Trinajstić information content (AvgIpc) is 2.94. The fourth-order valence-corrected chi connectivity index (χ4v) is 3.13. The Labute approximate surface area is 113 Å². The van der Waals surface area contributed by atoms with Crippen molar-refractivity contribution in [1.82, 2.24) is 15.0 Å². The van der Waals surface area contributed by atoms with E-state index >= 15 is 0 Å². The summed E-state index contributed by atoms with van der Waals surface area (Å²) in [4.78, 5) is 0. The van der Waals surface area contributed by atoms with Gasteiger partial charge in [-0.25, -0.2) is 4.68 Å². The van der Waals surface area contributed by atoms with Crippen molar-refractivity contribution in [3.8, 4) is 6.07 Å². The number of rotatable bonds is 4. The van der Waals surface area contributed by atoms with Crippen LogP contribution in [0.1, 0.15) is 56.0 Å². The van der Waals surface area contributed by atoms with Crippen LogP contribution in [0.15, 0.2) is 0 Å². The van der Waals surface area contributed by atoms with Crippen molar-refractivity contribution in [3.05, 3.63) is 11.4 Å². The van der Waals surface area contributed by atoms with Gasteiger partial charge in [0.25, 0.3) is 0 Å². The summed E-state index contributed by atoms with van der Waals surface area (Å²) < 4.78 is 7.58. The number of hydrogen-bond acceptors (Lipinski definition) is 4. The van der Waals surface area contributed by atoms with Crippen LogP contribution in [0.2, 0.25) is 0 Å². The number of hydrogen-bond donors (Lipinski definition) is 0. The first-order valence-electron chi connectivity index (χ1n) is 7.20. The minimum absolute atomic E-state index is 0.350. The molecule has 2 unspecified atom stereocenters. The quantitative estimate of drug-likeness (QED) is 0.832. The highest BCUT2D eigenvalue weighted by molar-refractivity contribution is 5.20. The van der Waals surface area contributed by atoms with Gasteiger partial charge in [0.05, 0.1) is 30.8 Å². The molecule has 0 amide bonds. The molecule has 0 N–H and O–H groups in total. The zero-order valence-corrected chi connectivity index (χ0v) is 11.4. The Morgan fingerprint density at radius 3 is 2.89 bits per heavy atom. The van der Waals surface area contributed by atoms with Gasteiger partial charge in [0.1, 0.15) is 5.69 Å². The molecular weight excluding hydrogens is 240 g/mol. The molecule has 0 radical (unpaired) electrons. The topological polar surface area (TPSA) is 63.7 Å². The molecule has 1 aliphatic carbocycles. The molecule has 0 aromatic carbocycles. The van der Waals surface area contributed by atoms with E-state index in [2.05, 4.69) is 28.0 Å². The number of ether oxygens (including phenoxy) is 1. The van der Waals surface area contributed by atoms with Crippen molar-refractivity contribution in [2.45, 2.75) is 51.0 Å². The average molecular weight is 260 g/mol. The summed E-state index contributed by atoms with van der Waals surface area (Å²) in [6.07, 6.45) is 5.27. The maximum Gasteiger partial charge on any atom is 0.100 e. The van der Waals surface area contributed by atoms with E-state index < -0.39 is 0 Å². The highest BCUT2D eigenvalue weighted by Crippen LogP contribution is 2.38. The molecule has 1 aromatic rings. The molecule has 5 heteroatoms. The second-order valence-electron chi connectivity index (χ2n) is 5.69. The molecule has 2 aliphatic rings. The number of aromatic nitrogens is 3. The van der Waals surface area contributed by atoms with Gasteiger partial charge >= 0.3 is 0 Å². The zero-order valence-electron chi connectivity index (χ0n) is 11.4. The van der Waals surface area contributed by atoms with Gasteiger partial charge in [0.2, 0.25) is 0 Å². The van der Waals surface area contributed by atoms with Gasteiger partial charge in [-0.2, -0.15) is 5.26 Å². The lowest BCUT2D eigenvalue weighted by Gasteiger charge is -2.32. The molecule has 1 saturated carbocycles. The van der Waals surface area contributed by atoms with Crippen molar-refractivity contribution >= 4 is 0 Å². The van der Waals surface area contributed by atoms with Crippen molar-refractivity contribution in [2.24, 2.45) is 5.92 Å². The lowest BCUT2D eigenvalue weighted by molar-refractivity contribution is 0.186. The summed E-state index contributed by atoms with van der Waals surface area (Å²) >= 11 is 0. The molecule has 1 saturated heterocycles. The van der Waals surface area contributed by atoms with Gasteiger partial charge in [-0.05, 0) is 32.1 Å². The second-order valence-corrected chi connectivity index (χ2v) is 5.69. The minimum atomic E-state index is 0.350. The predicted octanol–water partition coefficient (Wildman–Crippen LogP) is 2.21. The number of nitriles is 1. The van der Waals surface area contributed by atoms with Gasteiger partial charge < -0.3 is 4.74 Å². The first kappa shape index (κ1) is 12.6. The van der Waals surface area contributed by atoms with Crippen LogP contribution in [0.25, 0.3) is 0 Å². The molecule has 0 bridgehead atoms. The molecule has 102 valence electrons. The first-order chi connectivity index (χ1) is 9.31. The molecule has 2 fully saturated rings. The van der Waals surface area contributed by atoms with E-state index in [1.165, 1.54) is 19.3 Å². The Kier molecular flexibility index (Phi) is 3.52. The fourth-order valence-electron chi connectivity index (χ4n) is 3.13. The van der Waals surface area contributed by atoms with E-state index in [0.29, 0.717) is 18.4 Å². The Hall–Kier alpha value is -1.41. The molecule has 1 aliphatic heterocycles. The Bertz CT molecular complexity index is 480. The van der Waals surface area contributed by atoms with Crippen molar-refractivity contribution in [1.29, 1.82) is 5.26 Å². The van der Waals surface area contributed by atoms with Crippen LogP contribution < -0.4 is 0 Å². The highest BCUT2D eigenvalue weighted by atomic mass is 16.5. The van der Waals surface area contributed by atoms with Crippen LogP contribution in [0, 0.1) is 17.2 Å². The molecule has 5 nitrogen and oxygen atoms in total. The van der Waals surface area contributed by atoms with Crippen molar-refractivity contribution < 1.29 is 4.74 Å². The predicted molar refractivity (Wildman–Crippen MR) is 69.6 cm³/mol. The van der Waals surface area contributed by atoms with E-state index in [0.717, 1.165) is 36.9 Å². The minimum Gasteiger partial charge on any atom is -0.381 e. The number of nitrogens with zero attached hydrogens (tertiary/aromatic N) is 4.